The first kappa shape index (κ1) is 34.5. The summed E-state index contributed by atoms with van der Waals surface area (Å²) in [4.78, 5) is 9.59. The molecule has 23 heavy (non-hydrogen) atoms. The van der Waals surface area contributed by atoms with E-state index in [-0.39, 0.29) is 26.9 Å². The minimum atomic E-state index is -1.30. The Morgan fingerprint density at radius 2 is 1.61 bits per heavy atom. The number of esters is 1. The molecule has 1 unspecified atom stereocenters. The molecule has 0 aromatic carbocycles. The maximum atomic E-state index is 9.59. The summed E-state index contributed by atoms with van der Waals surface area (Å²) in [6, 6.07) is 0. The van der Waals surface area contributed by atoms with Gasteiger partial charge in [-0.2, -0.15) is 11.8 Å². The normalized spacial score (nSPS) is 9.78. The molecule has 8 heteroatoms. The minimum Gasteiger partial charge on any atom is -0.469 e. The second-order valence-corrected chi connectivity index (χ2v) is 6.57. The van der Waals surface area contributed by atoms with Gasteiger partial charge in [-0.3, -0.25) is 4.79 Å². The summed E-state index contributed by atoms with van der Waals surface area (Å²) in [6.45, 7) is 3.60. The number of ether oxygens (including phenoxy) is 3. The third-order valence-corrected chi connectivity index (χ3v) is 3.01. The van der Waals surface area contributed by atoms with Gasteiger partial charge in [-0.1, -0.05) is 61.5 Å². The Hall–Kier alpha value is 0.170. The van der Waals surface area contributed by atoms with E-state index in [0.717, 1.165) is 5.75 Å². The second-order valence-electron chi connectivity index (χ2n) is 3.33. The van der Waals surface area contributed by atoms with Crippen LogP contribution in [0.15, 0.2) is 0 Å². The molecule has 0 spiro atoms. The van der Waals surface area contributed by atoms with Crippen molar-refractivity contribution >= 4 is 52.5 Å². The van der Waals surface area contributed by atoms with E-state index in [2.05, 4.69) is 16.6 Å². The number of thioether (sulfide) groups is 1. The third-order valence-electron chi connectivity index (χ3n) is 1.66. The van der Waals surface area contributed by atoms with Crippen LogP contribution < -0.4 is 0 Å². The topological polar surface area (TPSA) is 44.8 Å². The largest absolute Gasteiger partial charge is 0.469 e. The van der Waals surface area contributed by atoms with Gasteiger partial charge in [-0.25, -0.2) is 0 Å². The molecule has 0 rings (SSSR count). The quantitative estimate of drug-likeness (QED) is 0.376. The smallest absolute Gasteiger partial charge is 0.302 e. The van der Waals surface area contributed by atoms with E-state index in [1.54, 1.807) is 25.8 Å². The minimum absolute atomic E-state index is 0. The number of rotatable bonds is 3. The Bertz CT molecular complexity index is 289. The first-order chi connectivity index (χ1) is 9.67. The lowest BCUT2D eigenvalue weighted by Crippen LogP contribution is -2.23. The van der Waals surface area contributed by atoms with E-state index in [0.29, 0.717) is 6.61 Å². The third kappa shape index (κ3) is 39.2. The van der Waals surface area contributed by atoms with Crippen molar-refractivity contribution in [3.05, 3.63) is 0 Å². The fraction of sp³-hybridized carbons (Fsp3) is 0.800. The molecule has 0 aliphatic heterocycles. The SMILES string of the molecule is C.C.COC(C)=O.COC(C)C(Cl)(Cl)Cl.COCC#CCSC. The van der Waals surface area contributed by atoms with Gasteiger partial charge in [0, 0.05) is 21.1 Å². The first-order valence-electron chi connectivity index (χ1n) is 5.74. The molecule has 0 aliphatic rings. The van der Waals surface area contributed by atoms with Crippen LogP contribution in [0.1, 0.15) is 28.7 Å². The molecule has 0 aliphatic carbocycles. The van der Waals surface area contributed by atoms with Gasteiger partial charge in [0.25, 0.3) is 0 Å². The summed E-state index contributed by atoms with van der Waals surface area (Å²) >= 11 is 17.9. The maximum absolute atomic E-state index is 9.59. The lowest BCUT2D eigenvalue weighted by Gasteiger charge is -2.17. The average molecular weight is 414 g/mol. The second kappa shape index (κ2) is 24.4. The van der Waals surface area contributed by atoms with Crippen molar-refractivity contribution in [2.24, 2.45) is 0 Å². The van der Waals surface area contributed by atoms with Crippen LogP contribution in [-0.2, 0) is 19.0 Å². The number of methoxy groups -OCH3 is 3. The van der Waals surface area contributed by atoms with Crippen molar-refractivity contribution in [1.82, 2.24) is 0 Å². The van der Waals surface area contributed by atoms with Gasteiger partial charge in [0.15, 0.2) is 0 Å². The summed E-state index contributed by atoms with van der Waals surface area (Å²) in [5, 5.41) is 0. The van der Waals surface area contributed by atoms with Crippen LogP contribution in [0.2, 0.25) is 0 Å². The molecule has 0 saturated carbocycles. The van der Waals surface area contributed by atoms with E-state index >= 15 is 0 Å². The van der Waals surface area contributed by atoms with E-state index in [1.807, 2.05) is 6.26 Å². The molecule has 0 fully saturated rings. The number of alkyl halides is 3. The highest BCUT2D eigenvalue weighted by molar-refractivity contribution is 7.98. The molecule has 0 saturated heterocycles. The number of hydrogen-bond donors (Lipinski definition) is 0. The molecule has 0 amide bonds. The molecule has 142 valence electrons. The van der Waals surface area contributed by atoms with Crippen LogP contribution in [0.3, 0.4) is 0 Å². The van der Waals surface area contributed by atoms with Gasteiger partial charge in [-0.05, 0) is 13.2 Å². The number of hydrogen-bond acceptors (Lipinski definition) is 5. The molecule has 0 radical (unpaired) electrons. The average Bonchev–Trinajstić information content (AvgIpc) is 2.43. The van der Waals surface area contributed by atoms with Crippen molar-refractivity contribution in [3.63, 3.8) is 0 Å². The number of halogens is 3. The van der Waals surface area contributed by atoms with Crippen LogP contribution in [0.4, 0.5) is 0 Å². The van der Waals surface area contributed by atoms with Crippen LogP contribution >= 0.6 is 46.6 Å². The predicted molar refractivity (Wildman–Crippen MR) is 106 cm³/mol. The number of carbonyl (C=O) groups is 1. The maximum Gasteiger partial charge on any atom is 0.302 e. The highest BCUT2D eigenvalue weighted by Crippen LogP contribution is 2.31. The van der Waals surface area contributed by atoms with Gasteiger partial charge < -0.3 is 14.2 Å². The van der Waals surface area contributed by atoms with E-state index < -0.39 is 3.79 Å². The van der Waals surface area contributed by atoms with E-state index in [4.69, 9.17) is 44.3 Å². The van der Waals surface area contributed by atoms with Crippen molar-refractivity contribution in [1.29, 1.82) is 0 Å². The monoisotopic (exact) mass is 412 g/mol. The molecule has 4 nitrogen and oxygen atoms in total. The Balaban J connectivity index is -0.0000000693. The van der Waals surface area contributed by atoms with Crippen LogP contribution in [0, 0.1) is 11.8 Å². The van der Waals surface area contributed by atoms with E-state index in [1.165, 1.54) is 21.1 Å². The Morgan fingerprint density at radius 3 is 1.78 bits per heavy atom. The lowest BCUT2D eigenvalue weighted by molar-refractivity contribution is -0.137. The Kier molecular flexibility index (Phi) is 36.6. The molecule has 0 N–H and O–H groups in total. The first-order valence-corrected chi connectivity index (χ1v) is 8.27. The highest BCUT2D eigenvalue weighted by Gasteiger charge is 2.27. The van der Waals surface area contributed by atoms with Crippen molar-refractivity contribution in [3.8, 4) is 11.8 Å². The molecule has 0 aromatic rings. The molecule has 0 heterocycles. The molecular formula is C15H31Cl3O4S. The van der Waals surface area contributed by atoms with Gasteiger partial charge in [0.05, 0.1) is 12.9 Å². The molecule has 0 aromatic heterocycles. The van der Waals surface area contributed by atoms with Crippen LogP contribution in [-0.4, -0.2) is 55.8 Å². The summed E-state index contributed by atoms with van der Waals surface area (Å²) in [5.41, 5.74) is 0. The van der Waals surface area contributed by atoms with Crippen molar-refractivity contribution < 1.29 is 19.0 Å². The van der Waals surface area contributed by atoms with Crippen molar-refractivity contribution in [2.75, 3.05) is 39.9 Å². The Morgan fingerprint density at radius 1 is 1.17 bits per heavy atom. The van der Waals surface area contributed by atoms with E-state index in [9.17, 15) is 4.79 Å². The zero-order valence-corrected chi connectivity index (χ0v) is 16.3. The summed E-state index contributed by atoms with van der Waals surface area (Å²) in [6.07, 6.45) is 1.68. The fourth-order valence-corrected chi connectivity index (χ4v) is 0.894. The van der Waals surface area contributed by atoms with Gasteiger partial charge in [0.1, 0.15) is 12.7 Å². The van der Waals surface area contributed by atoms with Crippen LogP contribution in [0.25, 0.3) is 0 Å². The summed E-state index contributed by atoms with van der Waals surface area (Å²) < 4.78 is 12.2. The van der Waals surface area contributed by atoms with Gasteiger partial charge >= 0.3 is 5.97 Å². The molecular weight excluding hydrogens is 383 g/mol. The zero-order valence-electron chi connectivity index (χ0n) is 13.2. The summed E-state index contributed by atoms with van der Waals surface area (Å²) in [7, 11) is 4.49. The predicted octanol–water partition coefficient (Wildman–Crippen LogP) is 4.84. The molecule has 0 bridgehead atoms. The van der Waals surface area contributed by atoms with Gasteiger partial charge in [-0.15, -0.1) is 0 Å². The van der Waals surface area contributed by atoms with Gasteiger partial charge in [0.2, 0.25) is 3.79 Å². The Labute approximate surface area is 161 Å². The number of carbonyl (C=O) groups excluding carboxylic acids is 1. The highest BCUT2D eigenvalue weighted by atomic mass is 35.6. The molecule has 1 atom stereocenters. The fourth-order valence-electron chi connectivity index (χ4n) is 0.380. The lowest BCUT2D eigenvalue weighted by atomic mass is 10.5. The van der Waals surface area contributed by atoms with Crippen LogP contribution in [0.5, 0.6) is 0 Å². The standard InChI is InChI=1S/C6H10OS.C4H7Cl3O.C3H6O2.2CH4/c1-7-5-3-4-6-8-2;1-3(8-2)4(5,6)7;1-3(4)5-2;;/h5-6H2,1-2H3;3H,1-2H3;1-2H3;2*1H4. The zero-order chi connectivity index (χ0) is 17.3. The van der Waals surface area contributed by atoms with Crippen molar-refractivity contribution in [2.45, 2.75) is 38.6 Å². The summed E-state index contributed by atoms with van der Waals surface area (Å²) in [5.74, 6) is 6.43.